The summed E-state index contributed by atoms with van der Waals surface area (Å²) in [4.78, 5) is 3.95. The Hall–Kier alpha value is -2.31. The Balaban J connectivity index is 2.12. The van der Waals surface area contributed by atoms with E-state index in [9.17, 15) is 8.78 Å². The highest BCUT2D eigenvalue weighted by atomic mass is 19.1. The van der Waals surface area contributed by atoms with Crippen LogP contribution < -0.4 is 11.3 Å². The second kappa shape index (κ2) is 4.99. The van der Waals surface area contributed by atoms with E-state index in [1.54, 1.807) is 18.2 Å². The molecule has 0 fully saturated rings. The Kier molecular flexibility index (Phi) is 3.17. The summed E-state index contributed by atoms with van der Waals surface area (Å²) in [7, 11) is 0. The fourth-order valence-corrected chi connectivity index (χ4v) is 2.10. The molecule has 0 saturated heterocycles. The van der Waals surface area contributed by atoms with E-state index in [0.29, 0.717) is 11.1 Å². The number of para-hydroxylation sites is 1. The molecular weight excluding hydrogens is 264 g/mol. The van der Waals surface area contributed by atoms with Crippen molar-refractivity contribution in [3.8, 4) is 0 Å². The minimum Gasteiger partial charge on any atom is -0.456 e. The van der Waals surface area contributed by atoms with Crippen molar-refractivity contribution in [2.45, 2.75) is 6.04 Å². The SMILES string of the molecule is NNC(c1cc2cccc(F)c2o1)c1ncccc1F. The molecule has 1 aromatic carbocycles. The first kappa shape index (κ1) is 12.7. The minimum absolute atomic E-state index is 0.0921. The zero-order chi connectivity index (χ0) is 14.1. The Morgan fingerprint density at radius 2 is 1.95 bits per heavy atom. The second-order valence-electron chi connectivity index (χ2n) is 4.28. The van der Waals surface area contributed by atoms with E-state index in [4.69, 9.17) is 10.3 Å². The van der Waals surface area contributed by atoms with Crippen LogP contribution in [0.4, 0.5) is 8.78 Å². The van der Waals surface area contributed by atoms with Gasteiger partial charge < -0.3 is 4.42 Å². The van der Waals surface area contributed by atoms with Gasteiger partial charge in [-0.25, -0.2) is 14.2 Å². The molecule has 0 radical (unpaired) electrons. The van der Waals surface area contributed by atoms with Crippen molar-refractivity contribution < 1.29 is 13.2 Å². The molecule has 20 heavy (non-hydrogen) atoms. The van der Waals surface area contributed by atoms with Crippen molar-refractivity contribution in [2.24, 2.45) is 5.84 Å². The number of hydrogen-bond donors (Lipinski definition) is 2. The van der Waals surface area contributed by atoms with E-state index >= 15 is 0 Å². The normalized spacial score (nSPS) is 12.8. The van der Waals surface area contributed by atoms with Gasteiger partial charge in [0.15, 0.2) is 11.4 Å². The van der Waals surface area contributed by atoms with E-state index in [1.165, 1.54) is 24.4 Å². The highest BCUT2D eigenvalue weighted by Gasteiger charge is 2.22. The number of aromatic nitrogens is 1. The monoisotopic (exact) mass is 275 g/mol. The molecule has 2 aromatic heterocycles. The van der Waals surface area contributed by atoms with Crippen LogP contribution in [0.2, 0.25) is 0 Å². The number of nitrogens with one attached hydrogen (secondary N) is 1. The summed E-state index contributed by atoms with van der Waals surface area (Å²) in [5, 5.41) is 0.580. The molecule has 1 atom stereocenters. The number of halogens is 2. The van der Waals surface area contributed by atoms with Crippen LogP contribution in [0.25, 0.3) is 11.0 Å². The first-order valence-electron chi connectivity index (χ1n) is 5.95. The summed E-state index contributed by atoms with van der Waals surface area (Å²) in [5.74, 6) is 4.75. The molecule has 0 aliphatic rings. The maximum atomic E-state index is 13.8. The summed E-state index contributed by atoms with van der Waals surface area (Å²) >= 11 is 0. The quantitative estimate of drug-likeness (QED) is 0.569. The Labute approximate surface area is 113 Å². The predicted molar refractivity (Wildman–Crippen MR) is 69.5 cm³/mol. The average molecular weight is 275 g/mol. The van der Waals surface area contributed by atoms with Crippen molar-refractivity contribution >= 4 is 11.0 Å². The molecule has 2 heterocycles. The number of hydrogen-bond acceptors (Lipinski definition) is 4. The van der Waals surface area contributed by atoms with Gasteiger partial charge in [0, 0.05) is 11.6 Å². The number of nitrogens with two attached hydrogens (primary N) is 1. The number of nitrogens with zero attached hydrogens (tertiary/aromatic N) is 1. The maximum absolute atomic E-state index is 13.8. The third-order valence-corrected chi connectivity index (χ3v) is 3.03. The molecule has 0 saturated carbocycles. The van der Waals surface area contributed by atoms with Crippen molar-refractivity contribution in [2.75, 3.05) is 0 Å². The maximum Gasteiger partial charge on any atom is 0.169 e. The lowest BCUT2D eigenvalue weighted by molar-refractivity contribution is 0.445. The van der Waals surface area contributed by atoms with Crippen molar-refractivity contribution in [1.29, 1.82) is 0 Å². The molecular formula is C14H11F2N3O. The Bertz CT molecular complexity index is 757. The van der Waals surface area contributed by atoms with Gasteiger partial charge in [0.2, 0.25) is 0 Å². The van der Waals surface area contributed by atoms with Crippen LogP contribution in [-0.4, -0.2) is 4.98 Å². The van der Waals surface area contributed by atoms with E-state index in [-0.39, 0.29) is 11.3 Å². The highest BCUT2D eigenvalue weighted by Crippen LogP contribution is 2.29. The third kappa shape index (κ3) is 2.04. The van der Waals surface area contributed by atoms with Gasteiger partial charge >= 0.3 is 0 Å². The lowest BCUT2D eigenvalue weighted by atomic mass is 10.1. The van der Waals surface area contributed by atoms with Gasteiger partial charge in [0.1, 0.15) is 23.3 Å². The predicted octanol–water partition coefficient (Wildman–Crippen LogP) is 2.66. The molecule has 1 unspecified atom stereocenters. The van der Waals surface area contributed by atoms with E-state index in [0.717, 1.165) is 0 Å². The van der Waals surface area contributed by atoms with Gasteiger partial charge in [-0.2, -0.15) is 0 Å². The van der Waals surface area contributed by atoms with Crippen LogP contribution in [0.15, 0.2) is 47.0 Å². The Morgan fingerprint density at radius 3 is 2.65 bits per heavy atom. The molecule has 0 bridgehead atoms. The lowest BCUT2D eigenvalue weighted by Crippen LogP contribution is -2.29. The first-order chi connectivity index (χ1) is 9.70. The highest BCUT2D eigenvalue weighted by molar-refractivity contribution is 5.78. The number of fused-ring (bicyclic) bond motifs is 1. The van der Waals surface area contributed by atoms with Crippen molar-refractivity contribution in [1.82, 2.24) is 10.4 Å². The van der Waals surface area contributed by atoms with Crippen molar-refractivity contribution in [3.63, 3.8) is 0 Å². The van der Waals surface area contributed by atoms with Gasteiger partial charge in [-0.1, -0.05) is 12.1 Å². The van der Waals surface area contributed by atoms with Crippen LogP contribution in [-0.2, 0) is 0 Å². The zero-order valence-corrected chi connectivity index (χ0v) is 10.3. The summed E-state index contributed by atoms with van der Waals surface area (Å²) < 4.78 is 32.8. The van der Waals surface area contributed by atoms with Crippen molar-refractivity contribution in [3.05, 3.63) is 65.7 Å². The number of hydrazine groups is 1. The second-order valence-corrected chi connectivity index (χ2v) is 4.28. The smallest absolute Gasteiger partial charge is 0.169 e. The van der Waals surface area contributed by atoms with Gasteiger partial charge in [-0.05, 0) is 24.3 Å². The molecule has 6 heteroatoms. The topological polar surface area (TPSA) is 64.1 Å². The van der Waals surface area contributed by atoms with E-state index in [1.807, 2.05) is 0 Å². The molecule has 3 rings (SSSR count). The minimum atomic E-state index is -0.789. The molecule has 0 aliphatic heterocycles. The van der Waals surface area contributed by atoms with E-state index in [2.05, 4.69) is 10.4 Å². The van der Waals surface area contributed by atoms with Crippen LogP contribution in [0.5, 0.6) is 0 Å². The molecule has 0 amide bonds. The number of rotatable bonds is 3. The van der Waals surface area contributed by atoms with Crippen LogP contribution in [0, 0.1) is 11.6 Å². The van der Waals surface area contributed by atoms with Gasteiger partial charge in [0.05, 0.1) is 0 Å². The summed E-state index contributed by atoms with van der Waals surface area (Å²) in [5.41, 5.74) is 2.64. The van der Waals surface area contributed by atoms with E-state index < -0.39 is 17.7 Å². The molecule has 3 N–H and O–H groups in total. The van der Waals surface area contributed by atoms with Gasteiger partial charge in [-0.15, -0.1) is 0 Å². The molecule has 102 valence electrons. The standard InChI is InChI=1S/C14H11F2N3O/c15-9-5-2-6-18-12(9)13(19-17)11-7-8-3-1-4-10(16)14(8)20-11/h1-7,13,19H,17H2. The molecule has 0 spiro atoms. The number of pyridine rings is 1. The number of benzene rings is 1. The van der Waals surface area contributed by atoms with Gasteiger partial charge in [-0.3, -0.25) is 10.8 Å². The van der Waals surface area contributed by atoms with Gasteiger partial charge in [0.25, 0.3) is 0 Å². The average Bonchev–Trinajstić information content (AvgIpc) is 2.87. The third-order valence-electron chi connectivity index (χ3n) is 3.03. The number of furan rings is 1. The largest absolute Gasteiger partial charge is 0.456 e. The fraction of sp³-hybridized carbons (Fsp3) is 0.0714. The fourth-order valence-electron chi connectivity index (χ4n) is 2.10. The summed E-state index contributed by atoms with van der Waals surface area (Å²) in [6.45, 7) is 0. The summed E-state index contributed by atoms with van der Waals surface area (Å²) in [6, 6.07) is 8.14. The zero-order valence-electron chi connectivity index (χ0n) is 10.3. The van der Waals surface area contributed by atoms with Crippen LogP contribution in [0.3, 0.4) is 0 Å². The lowest BCUT2D eigenvalue weighted by Gasteiger charge is -2.12. The Morgan fingerprint density at radius 1 is 1.15 bits per heavy atom. The first-order valence-corrected chi connectivity index (χ1v) is 5.95. The molecule has 3 aromatic rings. The molecule has 4 nitrogen and oxygen atoms in total. The summed E-state index contributed by atoms with van der Waals surface area (Å²) in [6.07, 6.45) is 1.45. The van der Waals surface area contributed by atoms with Crippen LogP contribution in [0.1, 0.15) is 17.5 Å². The molecule has 0 aliphatic carbocycles. The van der Waals surface area contributed by atoms with Crippen LogP contribution >= 0.6 is 0 Å².